The molecule has 6 heteroatoms. The molecule has 306 valence electrons. The van der Waals surface area contributed by atoms with E-state index in [0.29, 0.717) is 19.4 Å². The fourth-order valence-corrected chi connectivity index (χ4v) is 7.72. The van der Waals surface area contributed by atoms with Crippen molar-refractivity contribution in [2.75, 3.05) is 26.2 Å². The quantitative estimate of drug-likeness (QED) is 0.0389. The van der Waals surface area contributed by atoms with Gasteiger partial charge in [0.25, 0.3) is 0 Å². The molecule has 52 heavy (non-hydrogen) atoms. The minimum absolute atomic E-state index is 0.00772. The first-order chi connectivity index (χ1) is 25.5. The predicted molar refractivity (Wildman–Crippen MR) is 221 cm³/mol. The van der Waals surface area contributed by atoms with E-state index in [-0.39, 0.29) is 30.8 Å². The summed E-state index contributed by atoms with van der Waals surface area (Å²) in [5, 5.41) is 9.55. The number of hydrogen-bond donors (Lipinski definition) is 1. The standard InChI is InChI=1S/C46H87NO5/c1-4-7-10-12-16-23-30-43(31-24-17-13-11-8-5-2)51-45(49)32-25-18-14-20-27-38-47(40-41-48)39-28-21-15-19-26-33-46(50)52-44-36-34-42(35-37-44)29-22-9-6-3/h21,28,42-44,48H,4-20,22-27,29-41H2,1-3H3/b28-21+. The van der Waals surface area contributed by atoms with Crippen molar-refractivity contribution in [3.63, 3.8) is 0 Å². The van der Waals surface area contributed by atoms with Crippen molar-refractivity contribution >= 4 is 11.9 Å². The molecule has 1 N–H and O–H groups in total. The fraction of sp³-hybridized carbons (Fsp3) is 0.913. The van der Waals surface area contributed by atoms with Crippen LogP contribution in [0, 0.1) is 5.92 Å². The maximum atomic E-state index is 12.7. The number of unbranched alkanes of at least 4 members (excludes halogenated alkanes) is 18. The third-order valence-corrected chi connectivity index (χ3v) is 11.2. The van der Waals surface area contributed by atoms with Crippen LogP contribution in [0.2, 0.25) is 0 Å². The maximum absolute atomic E-state index is 12.7. The highest BCUT2D eigenvalue weighted by Crippen LogP contribution is 2.30. The van der Waals surface area contributed by atoms with Crippen LogP contribution in [0.4, 0.5) is 0 Å². The lowest BCUT2D eigenvalue weighted by atomic mass is 9.84. The van der Waals surface area contributed by atoms with Crippen LogP contribution in [0.15, 0.2) is 12.2 Å². The summed E-state index contributed by atoms with van der Waals surface area (Å²) in [5.41, 5.74) is 0. The molecule has 0 unspecified atom stereocenters. The molecule has 0 bridgehead atoms. The molecule has 1 aliphatic carbocycles. The van der Waals surface area contributed by atoms with Gasteiger partial charge in [-0.3, -0.25) is 14.5 Å². The average Bonchev–Trinajstić information content (AvgIpc) is 3.14. The second-order valence-corrected chi connectivity index (χ2v) is 16.1. The highest BCUT2D eigenvalue weighted by Gasteiger charge is 2.23. The van der Waals surface area contributed by atoms with E-state index in [0.717, 1.165) is 96.1 Å². The molecule has 1 rings (SSSR count). The molecule has 0 saturated heterocycles. The van der Waals surface area contributed by atoms with Crippen LogP contribution in [-0.2, 0) is 19.1 Å². The number of rotatable bonds is 37. The molecule has 0 amide bonds. The third-order valence-electron chi connectivity index (χ3n) is 11.2. The van der Waals surface area contributed by atoms with Crippen LogP contribution in [0.25, 0.3) is 0 Å². The zero-order valence-corrected chi connectivity index (χ0v) is 34.9. The Hall–Kier alpha value is -1.40. The molecule has 0 radical (unpaired) electrons. The summed E-state index contributed by atoms with van der Waals surface area (Å²) in [7, 11) is 0. The van der Waals surface area contributed by atoms with E-state index in [1.165, 1.54) is 116 Å². The number of aliphatic hydroxyl groups is 1. The van der Waals surface area contributed by atoms with Crippen molar-refractivity contribution in [1.82, 2.24) is 4.90 Å². The Balaban J connectivity index is 2.13. The molecule has 0 heterocycles. The first-order valence-corrected chi connectivity index (χ1v) is 22.9. The van der Waals surface area contributed by atoms with Gasteiger partial charge in [0.2, 0.25) is 0 Å². The highest BCUT2D eigenvalue weighted by molar-refractivity contribution is 5.69. The Kier molecular flexibility index (Phi) is 34.2. The SMILES string of the molecule is CCCCCCCCC(CCCCCCCC)OC(=O)CCCCCCCN(C/C=C/CCCCC(=O)OC1CCC(CCCCC)CC1)CCO. The molecule has 0 spiro atoms. The molecule has 1 fully saturated rings. The molecular weight excluding hydrogens is 647 g/mol. The summed E-state index contributed by atoms with van der Waals surface area (Å²) in [6, 6.07) is 0. The van der Waals surface area contributed by atoms with E-state index in [2.05, 4.69) is 37.8 Å². The average molecular weight is 734 g/mol. The molecule has 0 atom stereocenters. The van der Waals surface area contributed by atoms with Crippen LogP contribution in [-0.4, -0.2) is 60.4 Å². The van der Waals surface area contributed by atoms with E-state index in [1.807, 2.05) is 0 Å². The second kappa shape index (κ2) is 36.6. The molecule has 6 nitrogen and oxygen atoms in total. The van der Waals surface area contributed by atoms with Gasteiger partial charge in [0.05, 0.1) is 6.61 Å². The van der Waals surface area contributed by atoms with Gasteiger partial charge in [-0.15, -0.1) is 0 Å². The largest absolute Gasteiger partial charge is 0.462 e. The molecule has 1 aliphatic rings. The Labute approximate surface area is 323 Å². The molecule has 0 aromatic carbocycles. The Bertz CT molecular complexity index is 808. The lowest BCUT2D eigenvalue weighted by Crippen LogP contribution is -2.28. The number of aliphatic hydroxyl groups excluding tert-OH is 1. The minimum Gasteiger partial charge on any atom is -0.462 e. The Morgan fingerprint density at radius 1 is 0.615 bits per heavy atom. The van der Waals surface area contributed by atoms with Crippen molar-refractivity contribution < 1.29 is 24.2 Å². The molecular formula is C46H87NO5. The van der Waals surface area contributed by atoms with Crippen molar-refractivity contribution in [3.05, 3.63) is 12.2 Å². The van der Waals surface area contributed by atoms with Gasteiger partial charge in [-0.05, 0) is 95.9 Å². The van der Waals surface area contributed by atoms with Crippen molar-refractivity contribution in [2.45, 2.75) is 238 Å². The van der Waals surface area contributed by atoms with E-state index >= 15 is 0 Å². The summed E-state index contributed by atoms with van der Waals surface area (Å²) < 4.78 is 11.8. The topological polar surface area (TPSA) is 76.1 Å². The van der Waals surface area contributed by atoms with E-state index < -0.39 is 0 Å². The zero-order valence-electron chi connectivity index (χ0n) is 34.9. The summed E-state index contributed by atoms with van der Waals surface area (Å²) >= 11 is 0. The molecule has 1 saturated carbocycles. The monoisotopic (exact) mass is 734 g/mol. The lowest BCUT2D eigenvalue weighted by molar-refractivity contribution is -0.151. The normalized spacial score (nSPS) is 16.3. The van der Waals surface area contributed by atoms with Gasteiger partial charge in [0.15, 0.2) is 0 Å². The number of carbonyl (C=O) groups excluding carboxylic acids is 2. The number of hydrogen-bond acceptors (Lipinski definition) is 6. The molecule has 0 aromatic rings. The fourth-order valence-electron chi connectivity index (χ4n) is 7.72. The minimum atomic E-state index is -0.0151. The van der Waals surface area contributed by atoms with Crippen molar-refractivity contribution in [3.8, 4) is 0 Å². The van der Waals surface area contributed by atoms with Crippen LogP contribution in [0.1, 0.15) is 226 Å². The maximum Gasteiger partial charge on any atom is 0.306 e. The van der Waals surface area contributed by atoms with Gasteiger partial charge < -0.3 is 14.6 Å². The smallest absolute Gasteiger partial charge is 0.306 e. The van der Waals surface area contributed by atoms with Crippen LogP contribution >= 0.6 is 0 Å². The van der Waals surface area contributed by atoms with Crippen LogP contribution < -0.4 is 0 Å². The van der Waals surface area contributed by atoms with Gasteiger partial charge >= 0.3 is 11.9 Å². The Morgan fingerprint density at radius 2 is 1.15 bits per heavy atom. The summed E-state index contributed by atoms with van der Waals surface area (Å²) in [6.07, 6.45) is 41.3. The molecule has 0 aliphatic heterocycles. The third kappa shape index (κ3) is 30.0. The Morgan fingerprint density at radius 3 is 1.79 bits per heavy atom. The highest BCUT2D eigenvalue weighted by atomic mass is 16.5. The van der Waals surface area contributed by atoms with Gasteiger partial charge in [0, 0.05) is 25.9 Å². The summed E-state index contributed by atoms with van der Waals surface area (Å²) in [4.78, 5) is 27.4. The predicted octanol–water partition coefficient (Wildman–Crippen LogP) is 12.8. The van der Waals surface area contributed by atoms with E-state index in [9.17, 15) is 14.7 Å². The number of carbonyl (C=O) groups is 2. The van der Waals surface area contributed by atoms with Gasteiger partial charge in [-0.1, -0.05) is 142 Å². The second-order valence-electron chi connectivity index (χ2n) is 16.1. The summed E-state index contributed by atoms with van der Waals surface area (Å²) in [5.74, 6) is 0.833. The number of esters is 2. The molecule has 0 aromatic heterocycles. The first-order valence-electron chi connectivity index (χ1n) is 22.9. The van der Waals surface area contributed by atoms with Gasteiger partial charge in [-0.2, -0.15) is 0 Å². The first kappa shape index (κ1) is 48.6. The van der Waals surface area contributed by atoms with Crippen LogP contribution in [0.5, 0.6) is 0 Å². The van der Waals surface area contributed by atoms with Crippen LogP contribution in [0.3, 0.4) is 0 Å². The lowest BCUT2D eigenvalue weighted by Gasteiger charge is -2.28. The summed E-state index contributed by atoms with van der Waals surface area (Å²) in [6.45, 7) is 9.49. The van der Waals surface area contributed by atoms with E-state index in [1.54, 1.807) is 0 Å². The number of nitrogens with zero attached hydrogens (tertiary/aromatic N) is 1. The van der Waals surface area contributed by atoms with Crippen molar-refractivity contribution in [2.24, 2.45) is 5.92 Å². The van der Waals surface area contributed by atoms with E-state index in [4.69, 9.17) is 9.47 Å². The van der Waals surface area contributed by atoms with Gasteiger partial charge in [0.1, 0.15) is 12.2 Å². The zero-order chi connectivity index (χ0) is 37.7. The van der Waals surface area contributed by atoms with Crippen molar-refractivity contribution in [1.29, 1.82) is 0 Å². The number of ether oxygens (including phenoxy) is 2. The van der Waals surface area contributed by atoms with Gasteiger partial charge in [-0.25, -0.2) is 0 Å². The number of allylic oxidation sites excluding steroid dienone is 1.